The van der Waals surface area contributed by atoms with Crippen LogP contribution in [-0.2, 0) is 14.8 Å². The minimum atomic E-state index is -3.22. The van der Waals surface area contributed by atoms with E-state index >= 15 is 0 Å². The van der Waals surface area contributed by atoms with Crippen molar-refractivity contribution in [3.05, 3.63) is 24.3 Å². The Morgan fingerprint density at radius 2 is 1.84 bits per heavy atom. The van der Waals surface area contributed by atoms with E-state index in [4.69, 9.17) is 9.47 Å². The van der Waals surface area contributed by atoms with Gasteiger partial charge in [0.25, 0.3) is 5.91 Å². The van der Waals surface area contributed by atoms with Crippen molar-refractivity contribution >= 4 is 15.9 Å². The molecule has 0 bridgehead atoms. The highest BCUT2D eigenvalue weighted by Crippen LogP contribution is 2.25. The minimum Gasteiger partial charge on any atom is -0.493 e. The Labute approximate surface area is 149 Å². The molecule has 2 rings (SSSR count). The molecule has 1 aromatic carbocycles. The molecule has 1 amide bonds. The zero-order valence-electron chi connectivity index (χ0n) is 14.8. The summed E-state index contributed by atoms with van der Waals surface area (Å²) in [7, 11) is -1.68. The third kappa shape index (κ3) is 5.34. The maximum absolute atomic E-state index is 12.4. The van der Waals surface area contributed by atoms with Crippen LogP contribution in [0.1, 0.15) is 19.8 Å². The number of hydrogen-bond acceptors (Lipinski definition) is 5. The van der Waals surface area contributed by atoms with Gasteiger partial charge >= 0.3 is 0 Å². The van der Waals surface area contributed by atoms with Gasteiger partial charge in [-0.25, -0.2) is 12.7 Å². The van der Waals surface area contributed by atoms with Crippen molar-refractivity contribution in [1.82, 2.24) is 9.21 Å². The Bertz CT molecular complexity index is 677. The SMILES string of the molecule is CCCS(=O)(=O)N1CCCN(C(=O)COc2ccccc2OC)CC1. The van der Waals surface area contributed by atoms with E-state index in [9.17, 15) is 13.2 Å². The van der Waals surface area contributed by atoms with E-state index < -0.39 is 10.0 Å². The molecule has 0 spiro atoms. The molecule has 0 radical (unpaired) electrons. The standard InChI is InChI=1S/C17H26N2O5S/c1-3-13-25(21,22)19-10-6-9-18(11-12-19)17(20)14-24-16-8-5-4-7-15(16)23-2/h4-5,7-8H,3,6,9-14H2,1-2H3. The minimum absolute atomic E-state index is 0.0952. The topological polar surface area (TPSA) is 76.2 Å². The Hall–Kier alpha value is -1.80. The highest BCUT2D eigenvalue weighted by molar-refractivity contribution is 7.89. The first-order valence-corrected chi connectivity index (χ1v) is 10.1. The average Bonchev–Trinajstić information content (AvgIpc) is 2.86. The Morgan fingerprint density at radius 3 is 2.52 bits per heavy atom. The summed E-state index contributed by atoms with van der Waals surface area (Å²) in [6.07, 6.45) is 1.22. The van der Waals surface area contributed by atoms with Crippen LogP contribution < -0.4 is 9.47 Å². The molecule has 1 saturated heterocycles. The summed E-state index contributed by atoms with van der Waals surface area (Å²) in [5.74, 6) is 1.08. The smallest absolute Gasteiger partial charge is 0.260 e. The van der Waals surface area contributed by atoms with Gasteiger partial charge in [0.15, 0.2) is 18.1 Å². The highest BCUT2D eigenvalue weighted by atomic mass is 32.2. The number of carbonyl (C=O) groups excluding carboxylic acids is 1. The largest absolute Gasteiger partial charge is 0.493 e. The third-order valence-electron chi connectivity index (χ3n) is 4.08. The molecule has 1 fully saturated rings. The summed E-state index contributed by atoms with van der Waals surface area (Å²) in [6.45, 7) is 3.47. The maximum atomic E-state index is 12.4. The lowest BCUT2D eigenvalue weighted by Gasteiger charge is -2.22. The predicted octanol–water partition coefficient (Wildman–Crippen LogP) is 1.35. The van der Waals surface area contributed by atoms with Crippen molar-refractivity contribution in [2.75, 3.05) is 45.6 Å². The molecule has 0 unspecified atom stereocenters. The van der Waals surface area contributed by atoms with Gasteiger partial charge in [0, 0.05) is 26.2 Å². The molecule has 0 saturated carbocycles. The number of methoxy groups -OCH3 is 1. The van der Waals surface area contributed by atoms with Crippen LogP contribution in [0.5, 0.6) is 11.5 Å². The van der Waals surface area contributed by atoms with Crippen LogP contribution >= 0.6 is 0 Å². The van der Waals surface area contributed by atoms with Crippen LogP contribution in [0, 0.1) is 0 Å². The molecule has 1 aliphatic rings. The van der Waals surface area contributed by atoms with Crippen molar-refractivity contribution in [2.24, 2.45) is 0 Å². The van der Waals surface area contributed by atoms with Crippen LogP contribution in [0.4, 0.5) is 0 Å². The zero-order chi connectivity index (χ0) is 18.3. The van der Waals surface area contributed by atoms with Gasteiger partial charge in [-0.3, -0.25) is 4.79 Å². The molecular formula is C17H26N2O5S. The molecular weight excluding hydrogens is 344 g/mol. The zero-order valence-corrected chi connectivity index (χ0v) is 15.6. The van der Waals surface area contributed by atoms with E-state index in [-0.39, 0.29) is 18.3 Å². The second kappa shape index (κ2) is 9.05. The summed E-state index contributed by atoms with van der Waals surface area (Å²) >= 11 is 0. The number of amides is 1. The van der Waals surface area contributed by atoms with Gasteiger partial charge in [-0.2, -0.15) is 0 Å². The van der Waals surface area contributed by atoms with Crippen molar-refractivity contribution in [2.45, 2.75) is 19.8 Å². The lowest BCUT2D eigenvalue weighted by atomic mass is 10.3. The van der Waals surface area contributed by atoms with Gasteiger partial charge in [0.05, 0.1) is 12.9 Å². The molecule has 0 aromatic heterocycles. The molecule has 1 heterocycles. The summed E-state index contributed by atoms with van der Waals surface area (Å²) < 4.78 is 36.6. The molecule has 8 heteroatoms. The number of benzene rings is 1. The number of hydrogen-bond donors (Lipinski definition) is 0. The second-order valence-corrected chi connectivity index (χ2v) is 7.98. The molecule has 7 nitrogen and oxygen atoms in total. The van der Waals surface area contributed by atoms with Crippen LogP contribution in [0.25, 0.3) is 0 Å². The number of carbonyl (C=O) groups is 1. The van der Waals surface area contributed by atoms with Crippen molar-refractivity contribution in [1.29, 1.82) is 0 Å². The summed E-state index contributed by atoms with van der Waals surface area (Å²) in [5, 5.41) is 0. The fourth-order valence-corrected chi connectivity index (χ4v) is 4.32. The van der Waals surface area contributed by atoms with Gasteiger partial charge in [0.2, 0.25) is 10.0 Å². The maximum Gasteiger partial charge on any atom is 0.260 e. The average molecular weight is 370 g/mol. The molecule has 0 atom stereocenters. The first kappa shape index (κ1) is 19.5. The Morgan fingerprint density at radius 1 is 1.12 bits per heavy atom. The monoisotopic (exact) mass is 370 g/mol. The van der Waals surface area contributed by atoms with Gasteiger partial charge in [-0.15, -0.1) is 0 Å². The lowest BCUT2D eigenvalue weighted by Crippen LogP contribution is -2.39. The molecule has 1 aliphatic heterocycles. The molecule has 25 heavy (non-hydrogen) atoms. The third-order valence-corrected chi connectivity index (χ3v) is 6.16. The van der Waals surface area contributed by atoms with Crippen molar-refractivity contribution in [3.8, 4) is 11.5 Å². The van der Waals surface area contributed by atoms with Gasteiger partial charge in [-0.1, -0.05) is 19.1 Å². The second-order valence-electron chi connectivity index (χ2n) is 5.89. The van der Waals surface area contributed by atoms with Gasteiger partial charge in [0.1, 0.15) is 0 Å². The quantitative estimate of drug-likeness (QED) is 0.724. The van der Waals surface area contributed by atoms with Crippen LogP contribution in [-0.4, -0.2) is 69.2 Å². The fourth-order valence-electron chi connectivity index (χ4n) is 2.78. The number of ether oxygens (including phenoxy) is 2. The highest BCUT2D eigenvalue weighted by Gasteiger charge is 2.26. The van der Waals surface area contributed by atoms with E-state index in [1.807, 2.05) is 19.1 Å². The number of rotatable bonds is 7. The Balaban J connectivity index is 1.90. The van der Waals surface area contributed by atoms with Crippen LogP contribution in [0.2, 0.25) is 0 Å². The lowest BCUT2D eigenvalue weighted by molar-refractivity contribution is -0.133. The van der Waals surface area contributed by atoms with E-state index in [1.54, 1.807) is 24.1 Å². The van der Waals surface area contributed by atoms with Gasteiger partial charge < -0.3 is 14.4 Å². The van der Waals surface area contributed by atoms with Crippen molar-refractivity contribution < 1.29 is 22.7 Å². The van der Waals surface area contributed by atoms with E-state index in [2.05, 4.69) is 0 Å². The first-order valence-electron chi connectivity index (χ1n) is 8.49. The molecule has 1 aromatic rings. The normalized spacial score (nSPS) is 16.3. The number of nitrogens with zero attached hydrogens (tertiary/aromatic N) is 2. The van der Waals surface area contributed by atoms with Crippen molar-refractivity contribution in [3.63, 3.8) is 0 Å². The fraction of sp³-hybridized carbons (Fsp3) is 0.588. The Kier molecular flexibility index (Phi) is 7.07. The molecule has 140 valence electrons. The van der Waals surface area contributed by atoms with Crippen LogP contribution in [0.15, 0.2) is 24.3 Å². The van der Waals surface area contributed by atoms with E-state index in [1.165, 1.54) is 4.31 Å². The molecule has 0 aliphatic carbocycles. The summed E-state index contributed by atoms with van der Waals surface area (Å²) in [6, 6.07) is 7.15. The predicted molar refractivity (Wildman–Crippen MR) is 95.3 cm³/mol. The number of para-hydroxylation sites is 2. The van der Waals surface area contributed by atoms with Crippen LogP contribution in [0.3, 0.4) is 0 Å². The van der Waals surface area contributed by atoms with E-state index in [0.29, 0.717) is 50.5 Å². The summed E-state index contributed by atoms with van der Waals surface area (Å²) in [5.41, 5.74) is 0. The van der Waals surface area contributed by atoms with E-state index in [0.717, 1.165) is 0 Å². The summed E-state index contributed by atoms with van der Waals surface area (Å²) in [4.78, 5) is 14.1. The van der Waals surface area contributed by atoms with Gasteiger partial charge in [-0.05, 0) is 25.0 Å². The number of sulfonamides is 1. The molecule has 0 N–H and O–H groups in total. The first-order chi connectivity index (χ1) is 12.0.